The summed E-state index contributed by atoms with van der Waals surface area (Å²) >= 11 is 0. The molecule has 0 aromatic heterocycles. The monoisotopic (exact) mass is 372 g/mol. The number of hydrogen-bond acceptors (Lipinski definition) is 2. The van der Waals surface area contributed by atoms with Crippen LogP contribution in [0.1, 0.15) is 30.5 Å². The molecule has 0 atom stereocenters. The predicted molar refractivity (Wildman–Crippen MR) is 117 cm³/mol. The highest BCUT2D eigenvalue weighted by molar-refractivity contribution is 5.50. The van der Waals surface area contributed by atoms with Gasteiger partial charge in [0.15, 0.2) is 0 Å². The van der Waals surface area contributed by atoms with Gasteiger partial charge in [0.2, 0.25) is 0 Å². The second kappa shape index (κ2) is 9.38. The van der Waals surface area contributed by atoms with Crippen LogP contribution in [0.2, 0.25) is 0 Å². The first-order chi connectivity index (χ1) is 13.5. The molecule has 144 valence electrons. The number of aryl methyl sites for hydroxylation is 1. The van der Waals surface area contributed by atoms with Gasteiger partial charge in [0.05, 0.1) is 13.2 Å². The van der Waals surface area contributed by atoms with Crippen LogP contribution in [0.4, 0.5) is 0 Å². The van der Waals surface area contributed by atoms with E-state index in [0.29, 0.717) is 13.2 Å². The minimum absolute atomic E-state index is 0.0387. The zero-order valence-electron chi connectivity index (χ0n) is 16.9. The summed E-state index contributed by atoms with van der Waals surface area (Å²) in [6.07, 6.45) is 4.38. The molecule has 0 bridgehead atoms. The van der Waals surface area contributed by atoms with Crippen molar-refractivity contribution in [1.82, 2.24) is 0 Å². The summed E-state index contributed by atoms with van der Waals surface area (Å²) in [7, 11) is 0. The van der Waals surface area contributed by atoms with Gasteiger partial charge in [0, 0.05) is 5.41 Å². The Labute approximate surface area is 168 Å². The molecule has 0 amide bonds. The van der Waals surface area contributed by atoms with Crippen LogP contribution in [0.25, 0.3) is 6.08 Å². The lowest BCUT2D eigenvalue weighted by molar-refractivity contribution is 0.0719. The molecule has 2 nitrogen and oxygen atoms in total. The highest BCUT2D eigenvalue weighted by atomic mass is 16.5. The van der Waals surface area contributed by atoms with Crippen molar-refractivity contribution in [1.29, 1.82) is 0 Å². The van der Waals surface area contributed by atoms with Gasteiger partial charge >= 0.3 is 0 Å². The van der Waals surface area contributed by atoms with Crippen LogP contribution in [-0.4, -0.2) is 6.61 Å². The SMILES string of the molecule is Cc1ccc(C=CC(C)(C)COCc2cccc(Oc3ccccc3)c2)cc1. The van der Waals surface area contributed by atoms with E-state index in [1.807, 2.05) is 48.5 Å². The van der Waals surface area contributed by atoms with Gasteiger partial charge in [-0.2, -0.15) is 0 Å². The topological polar surface area (TPSA) is 18.5 Å². The van der Waals surface area contributed by atoms with E-state index < -0.39 is 0 Å². The molecule has 3 aromatic carbocycles. The number of benzene rings is 3. The maximum absolute atomic E-state index is 5.99. The molecular formula is C26H28O2. The standard InChI is InChI=1S/C26H28O2/c1-21-12-14-22(15-13-21)16-17-26(2,3)20-27-19-23-8-7-11-25(18-23)28-24-9-5-4-6-10-24/h4-18H,19-20H2,1-3H3. The Morgan fingerprint density at radius 3 is 2.29 bits per heavy atom. The van der Waals surface area contributed by atoms with E-state index in [4.69, 9.17) is 9.47 Å². The van der Waals surface area contributed by atoms with Crippen molar-refractivity contribution in [3.8, 4) is 11.5 Å². The summed E-state index contributed by atoms with van der Waals surface area (Å²) in [5, 5.41) is 0. The molecule has 0 N–H and O–H groups in total. The molecule has 0 aliphatic carbocycles. The van der Waals surface area contributed by atoms with Gasteiger partial charge in [-0.25, -0.2) is 0 Å². The Morgan fingerprint density at radius 2 is 1.54 bits per heavy atom. The third-order valence-electron chi connectivity index (χ3n) is 4.42. The zero-order chi connectivity index (χ0) is 19.8. The van der Waals surface area contributed by atoms with E-state index in [9.17, 15) is 0 Å². The van der Waals surface area contributed by atoms with Crippen LogP contribution in [0.5, 0.6) is 11.5 Å². The number of para-hydroxylation sites is 1. The first-order valence-electron chi connectivity index (χ1n) is 9.66. The molecule has 0 spiro atoms. The first kappa shape index (κ1) is 19.9. The number of ether oxygens (including phenoxy) is 2. The second-order valence-electron chi connectivity index (χ2n) is 7.79. The first-order valence-corrected chi connectivity index (χ1v) is 9.66. The Balaban J connectivity index is 1.52. The maximum atomic E-state index is 5.99. The minimum Gasteiger partial charge on any atom is -0.457 e. The maximum Gasteiger partial charge on any atom is 0.127 e. The zero-order valence-corrected chi connectivity index (χ0v) is 16.9. The third-order valence-corrected chi connectivity index (χ3v) is 4.42. The van der Waals surface area contributed by atoms with Crippen LogP contribution in [0.3, 0.4) is 0 Å². The molecule has 0 radical (unpaired) electrons. The fourth-order valence-electron chi connectivity index (χ4n) is 2.80. The molecule has 0 aliphatic rings. The highest BCUT2D eigenvalue weighted by Gasteiger charge is 2.14. The van der Waals surface area contributed by atoms with Crippen molar-refractivity contribution in [3.63, 3.8) is 0 Å². The van der Waals surface area contributed by atoms with Gasteiger partial charge in [-0.15, -0.1) is 0 Å². The Kier molecular flexibility index (Phi) is 6.67. The predicted octanol–water partition coefficient (Wildman–Crippen LogP) is 7.04. The lowest BCUT2D eigenvalue weighted by Gasteiger charge is -2.20. The molecule has 0 saturated carbocycles. The van der Waals surface area contributed by atoms with Crippen molar-refractivity contribution in [2.24, 2.45) is 5.41 Å². The van der Waals surface area contributed by atoms with Gasteiger partial charge in [-0.05, 0) is 42.3 Å². The van der Waals surface area contributed by atoms with Crippen molar-refractivity contribution >= 4 is 6.08 Å². The Morgan fingerprint density at radius 1 is 0.821 bits per heavy atom. The summed E-state index contributed by atoms with van der Waals surface area (Å²) in [6, 6.07) is 26.4. The highest BCUT2D eigenvalue weighted by Crippen LogP contribution is 2.23. The van der Waals surface area contributed by atoms with Crippen molar-refractivity contribution in [2.45, 2.75) is 27.4 Å². The Hall–Kier alpha value is -2.84. The fraction of sp³-hybridized carbons (Fsp3) is 0.231. The summed E-state index contributed by atoms with van der Waals surface area (Å²) in [5.74, 6) is 1.66. The van der Waals surface area contributed by atoms with E-state index in [2.05, 4.69) is 63.3 Å². The third kappa shape index (κ3) is 6.40. The lowest BCUT2D eigenvalue weighted by Crippen LogP contribution is -2.16. The molecule has 28 heavy (non-hydrogen) atoms. The average Bonchev–Trinajstić information content (AvgIpc) is 2.69. The molecule has 0 fully saturated rings. The molecule has 0 unspecified atom stereocenters. The smallest absolute Gasteiger partial charge is 0.127 e. The number of hydrogen-bond donors (Lipinski definition) is 0. The van der Waals surface area contributed by atoms with E-state index in [0.717, 1.165) is 17.1 Å². The molecule has 2 heteroatoms. The van der Waals surface area contributed by atoms with E-state index in [1.165, 1.54) is 11.1 Å². The quantitative estimate of drug-likeness (QED) is 0.422. The second-order valence-corrected chi connectivity index (χ2v) is 7.79. The van der Waals surface area contributed by atoms with Crippen LogP contribution >= 0.6 is 0 Å². The summed E-state index contributed by atoms with van der Waals surface area (Å²) < 4.78 is 11.9. The van der Waals surface area contributed by atoms with Gasteiger partial charge in [0.25, 0.3) is 0 Å². The van der Waals surface area contributed by atoms with Crippen LogP contribution < -0.4 is 4.74 Å². The van der Waals surface area contributed by atoms with Crippen molar-refractivity contribution < 1.29 is 9.47 Å². The summed E-state index contributed by atoms with van der Waals surface area (Å²) in [4.78, 5) is 0. The van der Waals surface area contributed by atoms with E-state index in [1.54, 1.807) is 0 Å². The van der Waals surface area contributed by atoms with Crippen molar-refractivity contribution in [2.75, 3.05) is 6.61 Å². The normalized spacial score (nSPS) is 11.7. The minimum atomic E-state index is -0.0387. The van der Waals surface area contributed by atoms with Gasteiger partial charge in [-0.1, -0.05) is 86.2 Å². The molecular weight excluding hydrogens is 344 g/mol. The molecule has 0 heterocycles. The average molecular weight is 373 g/mol. The molecule has 0 aliphatic heterocycles. The van der Waals surface area contributed by atoms with Crippen LogP contribution in [-0.2, 0) is 11.3 Å². The van der Waals surface area contributed by atoms with Gasteiger partial charge in [-0.3, -0.25) is 0 Å². The van der Waals surface area contributed by atoms with Crippen LogP contribution in [0, 0.1) is 12.3 Å². The van der Waals surface area contributed by atoms with Crippen LogP contribution in [0.15, 0.2) is 84.9 Å². The molecule has 3 rings (SSSR count). The van der Waals surface area contributed by atoms with E-state index in [-0.39, 0.29) is 5.41 Å². The molecule has 3 aromatic rings. The largest absolute Gasteiger partial charge is 0.457 e. The Bertz CT molecular complexity index is 893. The fourth-order valence-corrected chi connectivity index (χ4v) is 2.80. The molecule has 0 saturated heterocycles. The van der Waals surface area contributed by atoms with Crippen molar-refractivity contribution in [3.05, 3.63) is 102 Å². The van der Waals surface area contributed by atoms with E-state index >= 15 is 0 Å². The number of rotatable bonds is 8. The van der Waals surface area contributed by atoms with Gasteiger partial charge < -0.3 is 9.47 Å². The van der Waals surface area contributed by atoms with Gasteiger partial charge in [0.1, 0.15) is 11.5 Å². The summed E-state index contributed by atoms with van der Waals surface area (Å²) in [6.45, 7) is 7.69. The summed E-state index contributed by atoms with van der Waals surface area (Å²) in [5.41, 5.74) is 3.55. The lowest BCUT2D eigenvalue weighted by atomic mass is 9.93.